The maximum atomic E-state index is 12.9. The summed E-state index contributed by atoms with van der Waals surface area (Å²) in [6.45, 7) is 5.61. The number of rotatable bonds is 7. The van der Waals surface area contributed by atoms with Crippen molar-refractivity contribution < 1.29 is 9.53 Å². The van der Waals surface area contributed by atoms with Gasteiger partial charge in [-0.25, -0.2) is 4.79 Å². The molecule has 0 aromatic heterocycles. The van der Waals surface area contributed by atoms with Crippen LogP contribution in [0.5, 0.6) is 0 Å². The second kappa shape index (κ2) is 10.7. The van der Waals surface area contributed by atoms with E-state index < -0.39 is 0 Å². The van der Waals surface area contributed by atoms with Gasteiger partial charge in [0.1, 0.15) is 0 Å². The molecule has 150 valence electrons. The molecule has 2 aromatic carbocycles. The third-order valence-electron chi connectivity index (χ3n) is 4.68. The smallest absolute Gasteiger partial charge is 0.322 e. The fraction of sp³-hybridized carbons (Fsp3) is 0.381. The summed E-state index contributed by atoms with van der Waals surface area (Å²) in [5.41, 5.74) is 1.65. The third kappa shape index (κ3) is 6.38. The van der Waals surface area contributed by atoms with Gasteiger partial charge >= 0.3 is 6.03 Å². The average Bonchev–Trinajstić information content (AvgIpc) is 2.71. The van der Waals surface area contributed by atoms with Crippen LogP contribution in [-0.4, -0.2) is 55.2 Å². The Morgan fingerprint density at radius 2 is 1.86 bits per heavy atom. The highest BCUT2D eigenvalue weighted by molar-refractivity contribution is 6.36. The van der Waals surface area contributed by atoms with E-state index in [0.717, 1.165) is 44.8 Å². The van der Waals surface area contributed by atoms with Crippen LogP contribution in [0, 0.1) is 0 Å². The van der Waals surface area contributed by atoms with E-state index >= 15 is 0 Å². The highest BCUT2D eigenvalue weighted by Crippen LogP contribution is 2.25. The number of benzene rings is 2. The van der Waals surface area contributed by atoms with Crippen LogP contribution in [0.15, 0.2) is 48.5 Å². The third-order valence-corrected chi connectivity index (χ3v) is 5.23. The lowest BCUT2D eigenvalue weighted by Crippen LogP contribution is -2.40. The Balaban J connectivity index is 1.62. The van der Waals surface area contributed by atoms with Crippen LogP contribution >= 0.6 is 23.2 Å². The molecule has 0 radical (unpaired) electrons. The Kier molecular flexibility index (Phi) is 7.98. The molecule has 0 atom stereocenters. The summed E-state index contributed by atoms with van der Waals surface area (Å²) in [5, 5.41) is 3.87. The van der Waals surface area contributed by atoms with Crippen molar-refractivity contribution in [1.29, 1.82) is 0 Å². The van der Waals surface area contributed by atoms with Crippen molar-refractivity contribution in [2.24, 2.45) is 0 Å². The van der Waals surface area contributed by atoms with Gasteiger partial charge in [0, 0.05) is 37.7 Å². The van der Waals surface area contributed by atoms with Crippen molar-refractivity contribution in [1.82, 2.24) is 9.80 Å². The summed E-state index contributed by atoms with van der Waals surface area (Å²) >= 11 is 12.2. The van der Waals surface area contributed by atoms with Gasteiger partial charge in [-0.3, -0.25) is 4.90 Å². The SMILES string of the molecule is O=C(Nc1ccc(Cl)cc1Cl)N(CCCN1CCOCC1)Cc1ccccc1. The van der Waals surface area contributed by atoms with Crippen molar-refractivity contribution >= 4 is 34.9 Å². The summed E-state index contributed by atoms with van der Waals surface area (Å²) in [6.07, 6.45) is 0.897. The van der Waals surface area contributed by atoms with Gasteiger partial charge in [0.25, 0.3) is 0 Å². The van der Waals surface area contributed by atoms with E-state index in [4.69, 9.17) is 27.9 Å². The molecule has 28 heavy (non-hydrogen) atoms. The summed E-state index contributed by atoms with van der Waals surface area (Å²) in [6, 6.07) is 14.9. The number of ether oxygens (including phenoxy) is 1. The number of hydrogen-bond acceptors (Lipinski definition) is 3. The molecule has 2 aromatic rings. The monoisotopic (exact) mass is 421 g/mol. The summed E-state index contributed by atoms with van der Waals surface area (Å²) in [4.78, 5) is 17.1. The Morgan fingerprint density at radius 3 is 2.57 bits per heavy atom. The average molecular weight is 422 g/mol. The Morgan fingerprint density at radius 1 is 1.11 bits per heavy atom. The zero-order valence-corrected chi connectivity index (χ0v) is 17.3. The highest BCUT2D eigenvalue weighted by atomic mass is 35.5. The molecule has 0 unspecified atom stereocenters. The molecule has 0 spiro atoms. The van der Waals surface area contributed by atoms with Crippen LogP contribution in [-0.2, 0) is 11.3 Å². The number of carbonyl (C=O) groups is 1. The topological polar surface area (TPSA) is 44.8 Å². The Bertz CT molecular complexity index is 768. The molecule has 0 saturated carbocycles. The number of anilines is 1. The Labute approximate surface area is 176 Å². The molecule has 1 aliphatic heterocycles. The molecular weight excluding hydrogens is 397 g/mol. The fourth-order valence-electron chi connectivity index (χ4n) is 3.15. The van der Waals surface area contributed by atoms with Crippen LogP contribution < -0.4 is 5.32 Å². The van der Waals surface area contributed by atoms with Gasteiger partial charge in [-0.15, -0.1) is 0 Å². The lowest BCUT2D eigenvalue weighted by Gasteiger charge is -2.28. The molecular formula is C21H25Cl2N3O2. The van der Waals surface area contributed by atoms with Crippen LogP contribution in [0.2, 0.25) is 10.0 Å². The Hall–Kier alpha value is -1.79. The number of amides is 2. The van der Waals surface area contributed by atoms with E-state index in [0.29, 0.717) is 28.8 Å². The second-order valence-electron chi connectivity index (χ2n) is 6.77. The molecule has 0 bridgehead atoms. The molecule has 7 heteroatoms. The molecule has 1 aliphatic rings. The predicted octanol–water partition coefficient (Wildman–Crippen LogP) is 4.75. The number of hydrogen-bond donors (Lipinski definition) is 1. The quantitative estimate of drug-likeness (QED) is 0.701. The van der Waals surface area contributed by atoms with Crippen molar-refractivity contribution in [3.05, 3.63) is 64.1 Å². The molecule has 2 amide bonds. The first-order chi connectivity index (χ1) is 13.6. The standard InChI is InChI=1S/C21H25Cl2N3O2/c22-18-7-8-20(19(23)15-18)24-21(27)26(16-17-5-2-1-3-6-17)10-4-9-25-11-13-28-14-12-25/h1-3,5-8,15H,4,9-14,16H2,(H,24,27). The van der Waals surface area contributed by atoms with E-state index in [1.165, 1.54) is 0 Å². The maximum absolute atomic E-state index is 12.9. The number of nitrogens with one attached hydrogen (secondary N) is 1. The predicted molar refractivity (Wildman–Crippen MR) is 114 cm³/mol. The normalized spacial score (nSPS) is 14.6. The van der Waals surface area contributed by atoms with Gasteiger partial charge in [0.15, 0.2) is 0 Å². The number of carbonyl (C=O) groups excluding carboxylic acids is 1. The van der Waals surface area contributed by atoms with Gasteiger partial charge < -0.3 is 15.0 Å². The maximum Gasteiger partial charge on any atom is 0.322 e. The first-order valence-corrected chi connectivity index (χ1v) is 10.2. The second-order valence-corrected chi connectivity index (χ2v) is 7.61. The number of halogens is 2. The molecule has 1 fully saturated rings. The largest absolute Gasteiger partial charge is 0.379 e. The lowest BCUT2D eigenvalue weighted by molar-refractivity contribution is 0.0365. The first kappa shape index (κ1) is 20.9. The van der Waals surface area contributed by atoms with Crippen LogP contribution in [0.1, 0.15) is 12.0 Å². The summed E-state index contributed by atoms with van der Waals surface area (Å²) in [5.74, 6) is 0. The molecule has 1 heterocycles. The van der Waals surface area contributed by atoms with E-state index in [1.54, 1.807) is 18.2 Å². The minimum Gasteiger partial charge on any atom is -0.379 e. The van der Waals surface area contributed by atoms with Crippen LogP contribution in [0.3, 0.4) is 0 Å². The lowest BCUT2D eigenvalue weighted by atomic mass is 10.2. The van der Waals surface area contributed by atoms with Gasteiger partial charge in [-0.1, -0.05) is 53.5 Å². The molecule has 5 nitrogen and oxygen atoms in total. The number of morpholine rings is 1. The minimum atomic E-state index is -0.171. The summed E-state index contributed by atoms with van der Waals surface area (Å²) in [7, 11) is 0. The van der Waals surface area contributed by atoms with Crippen molar-refractivity contribution in [3.63, 3.8) is 0 Å². The number of nitrogens with zero attached hydrogens (tertiary/aromatic N) is 2. The van der Waals surface area contributed by atoms with E-state index in [-0.39, 0.29) is 6.03 Å². The zero-order valence-electron chi connectivity index (χ0n) is 15.7. The summed E-state index contributed by atoms with van der Waals surface area (Å²) < 4.78 is 5.39. The van der Waals surface area contributed by atoms with Gasteiger partial charge in [-0.2, -0.15) is 0 Å². The highest BCUT2D eigenvalue weighted by Gasteiger charge is 2.17. The van der Waals surface area contributed by atoms with Gasteiger partial charge in [0.2, 0.25) is 0 Å². The van der Waals surface area contributed by atoms with Crippen molar-refractivity contribution in [2.75, 3.05) is 44.7 Å². The van der Waals surface area contributed by atoms with Crippen molar-refractivity contribution in [3.8, 4) is 0 Å². The van der Waals surface area contributed by atoms with Crippen molar-refractivity contribution in [2.45, 2.75) is 13.0 Å². The molecule has 1 saturated heterocycles. The van der Waals surface area contributed by atoms with Crippen LogP contribution in [0.4, 0.5) is 10.5 Å². The molecule has 1 N–H and O–H groups in total. The minimum absolute atomic E-state index is 0.171. The van der Waals surface area contributed by atoms with E-state index in [1.807, 2.05) is 35.2 Å². The van der Waals surface area contributed by atoms with E-state index in [2.05, 4.69) is 10.2 Å². The van der Waals surface area contributed by atoms with E-state index in [9.17, 15) is 4.79 Å². The zero-order chi connectivity index (χ0) is 19.8. The molecule has 0 aliphatic carbocycles. The fourth-order valence-corrected chi connectivity index (χ4v) is 3.61. The van der Waals surface area contributed by atoms with Crippen LogP contribution in [0.25, 0.3) is 0 Å². The van der Waals surface area contributed by atoms with Gasteiger partial charge in [-0.05, 0) is 30.2 Å². The van der Waals surface area contributed by atoms with Gasteiger partial charge in [0.05, 0.1) is 23.9 Å². The molecule has 3 rings (SSSR count). The number of urea groups is 1. The first-order valence-electron chi connectivity index (χ1n) is 9.47.